The molecule has 20 heavy (non-hydrogen) atoms. The third-order valence-electron chi connectivity index (χ3n) is 2.80. The summed E-state index contributed by atoms with van der Waals surface area (Å²) in [6.45, 7) is 0.518. The summed E-state index contributed by atoms with van der Waals surface area (Å²) in [7, 11) is 0. The predicted molar refractivity (Wildman–Crippen MR) is 75.8 cm³/mol. The van der Waals surface area contributed by atoms with Crippen LogP contribution in [0.4, 0.5) is 5.69 Å². The number of aromatic nitrogens is 1. The number of benzene rings is 1. The normalized spacial score (nSPS) is 9.75. The van der Waals surface area contributed by atoms with Crippen molar-refractivity contribution >= 4 is 11.6 Å². The van der Waals surface area contributed by atoms with E-state index in [1.165, 1.54) is 12.3 Å². The molecular weight excluding hydrogens is 252 g/mol. The molecule has 0 saturated carbocycles. The van der Waals surface area contributed by atoms with Crippen LogP contribution in [-0.2, 0) is 6.42 Å². The van der Waals surface area contributed by atoms with E-state index >= 15 is 0 Å². The molecule has 0 aliphatic heterocycles. The molecule has 0 aliphatic rings. The van der Waals surface area contributed by atoms with Gasteiger partial charge in [0.05, 0.1) is 5.56 Å². The SMILES string of the molecule is N#Cc1ccc(C(=O)NCCc2ccc(N)cc2)nc1. The lowest BCUT2D eigenvalue weighted by molar-refractivity contribution is 0.0949. The molecule has 0 aliphatic carbocycles. The average Bonchev–Trinajstić information content (AvgIpc) is 2.49. The lowest BCUT2D eigenvalue weighted by atomic mass is 10.1. The van der Waals surface area contributed by atoms with Crippen molar-refractivity contribution in [2.24, 2.45) is 0 Å². The Kier molecular flexibility index (Phi) is 4.30. The minimum Gasteiger partial charge on any atom is -0.399 e. The number of nitrogen functional groups attached to an aromatic ring is 1. The number of amides is 1. The monoisotopic (exact) mass is 266 g/mol. The summed E-state index contributed by atoms with van der Waals surface area (Å²) in [6, 6.07) is 12.6. The molecule has 5 heteroatoms. The zero-order valence-electron chi connectivity index (χ0n) is 10.8. The number of carbonyl (C=O) groups excluding carboxylic acids is 1. The molecule has 0 saturated heterocycles. The molecule has 1 aromatic carbocycles. The lowest BCUT2D eigenvalue weighted by Gasteiger charge is -2.05. The van der Waals surface area contributed by atoms with E-state index < -0.39 is 0 Å². The van der Waals surface area contributed by atoms with E-state index in [0.717, 1.165) is 17.7 Å². The van der Waals surface area contributed by atoms with Crippen LogP contribution in [0.25, 0.3) is 0 Å². The van der Waals surface area contributed by atoms with Crippen LogP contribution in [0.15, 0.2) is 42.6 Å². The van der Waals surface area contributed by atoms with E-state index in [0.29, 0.717) is 17.8 Å². The van der Waals surface area contributed by atoms with Crippen molar-refractivity contribution in [3.8, 4) is 6.07 Å². The van der Waals surface area contributed by atoms with E-state index in [1.807, 2.05) is 30.3 Å². The molecule has 2 rings (SSSR count). The largest absolute Gasteiger partial charge is 0.399 e. The maximum atomic E-state index is 11.8. The number of anilines is 1. The summed E-state index contributed by atoms with van der Waals surface area (Å²) in [5, 5.41) is 11.4. The highest BCUT2D eigenvalue weighted by molar-refractivity contribution is 5.92. The third kappa shape index (κ3) is 3.56. The zero-order chi connectivity index (χ0) is 14.4. The van der Waals surface area contributed by atoms with Crippen molar-refractivity contribution < 1.29 is 4.79 Å². The van der Waals surface area contributed by atoms with Gasteiger partial charge in [-0.3, -0.25) is 4.79 Å². The van der Waals surface area contributed by atoms with Crippen molar-refractivity contribution in [3.05, 3.63) is 59.4 Å². The smallest absolute Gasteiger partial charge is 0.269 e. The summed E-state index contributed by atoms with van der Waals surface area (Å²) in [4.78, 5) is 15.7. The summed E-state index contributed by atoms with van der Waals surface area (Å²) in [5.41, 5.74) is 8.17. The van der Waals surface area contributed by atoms with Crippen LogP contribution in [-0.4, -0.2) is 17.4 Å². The van der Waals surface area contributed by atoms with Crippen LogP contribution < -0.4 is 11.1 Å². The Balaban J connectivity index is 1.85. The van der Waals surface area contributed by atoms with Crippen molar-refractivity contribution in [2.45, 2.75) is 6.42 Å². The molecule has 5 nitrogen and oxygen atoms in total. The number of pyridine rings is 1. The predicted octanol–water partition coefficient (Wildman–Crippen LogP) is 1.51. The highest BCUT2D eigenvalue weighted by atomic mass is 16.1. The Morgan fingerprint density at radius 2 is 2.00 bits per heavy atom. The van der Waals surface area contributed by atoms with Gasteiger partial charge in [0, 0.05) is 18.4 Å². The van der Waals surface area contributed by atoms with Crippen LogP contribution >= 0.6 is 0 Å². The quantitative estimate of drug-likeness (QED) is 0.820. The van der Waals surface area contributed by atoms with Crippen molar-refractivity contribution in [1.29, 1.82) is 5.26 Å². The number of hydrogen-bond donors (Lipinski definition) is 2. The number of nitrogens with one attached hydrogen (secondary N) is 1. The molecule has 0 fully saturated rings. The zero-order valence-corrected chi connectivity index (χ0v) is 10.8. The van der Waals surface area contributed by atoms with Gasteiger partial charge in [0.1, 0.15) is 11.8 Å². The molecule has 1 aromatic heterocycles. The molecule has 3 N–H and O–H groups in total. The lowest BCUT2D eigenvalue weighted by Crippen LogP contribution is -2.26. The summed E-state index contributed by atoms with van der Waals surface area (Å²) in [5.74, 6) is -0.245. The maximum absolute atomic E-state index is 11.8. The fourth-order valence-electron chi connectivity index (χ4n) is 1.69. The third-order valence-corrected chi connectivity index (χ3v) is 2.80. The summed E-state index contributed by atoms with van der Waals surface area (Å²) in [6.07, 6.45) is 2.11. The molecule has 0 bridgehead atoms. The van der Waals surface area contributed by atoms with Gasteiger partial charge in [0.25, 0.3) is 5.91 Å². The molecule has 1 heterocycles. The van der Waals surface area contributed by atoms with Crippen LogP contribution in [0, 0.1) is 11.3 Å². The Morgan fingerprint density at radius 1 is 1.25 bits per heavy atom. The molecule has 0 radical (unpaired) electrons. The van der Waals surface area contributed by atoms with Crippen LogP contribution in [0.3, 0.4) is 0 Å². The summed E-state index contributed by atoms with van der Waals surface area (Å²) < 4.78 is 0. The van der Waals surface area contributed by atoms with E-state index in [1.54, 1.807) is 6.07 Å². The Bertz CT molecular complexity index is 626. The topological polar surface area (TPSA) is 91.8 Å². The second-order valence-electron chi connectivity index (χ2n) is 4.29. The van der Waals surface area contributed by atoms with Gasteiger partial charge < -0.3 is 11.1 Å². The van der Waals surface area contributed by atoms with Crippen LogP contribution in [0.2, 0.25) is 0 Å². The van der Waals surface area contributed by atoms with Gasteiger partial charge >= 0.3 is 0 Å². The number of nitrogens with zero attached hydrogens (tertiary/aromatic N) is 2. The van der Waals surface area contributed by atoms with E-state index in [9.17, 15) is 4.79 Å². The number of carbonyl (C=O) groups is 1. The van der Waals surface area contributed by atoms with Gasteiger partial charge in [0.2, 0.25) is 0 Å². The molecule has 100 valence electrons. The van der Waals surface area contributed by atoms with E-state index in [4.69, 9.17) is 11.0 Å². The summed E-state index contributed by atoms with van der Waals surface area (Å²) >= 11 is 0. The fourth-order valence-corrected chi connectivity index (χ4v) is 1.69. The van der Waals surface area contributed by atoms with Crippen molar-refractivity contribution in [1.82, 2.24) is 10.3 Å². The Labute approximate surface area is 117 Å². The first kappa shape index (κ1) is 13.6. The Hall–Kier alpha value is -2.87. The average molecular weight is 266 g/mol. The standard InChI is InChI=1S/C15H14N4O/c16-9-12-3-6-14(19-10-12)15(20)18-8-7-11-1-4-13(17)5-2-11/h1-6,10H,7-8,17H2,(H,18,20). The fraction of sp³-hybridized carbons (Fsp3) is 0.133. The van der Waals surface area contributed by atoms with Gasteiger partial charge in [-0.15, -0.1) is 0 Å². The highest BCUT2D eigenvalue weighted by Crippen LogP contribution is 2.05. The Morgan fingerprint density at radius 3 is 2.60 bits per heavy atom. The molecule has 0 unspecified atom stereocenters. The van der Waals surface area contributed by atoms with Crippen molar-refractivity contribution in [2.75, 3.05) is 12.3 Å². The first-order valence-electron chi connectivity index (χ1n) is 6.18. The van der Waals surface area contributed by atoms with Crippen molar-refractivity contribution in [3.63, 3.8) is 0 Å². The number of nitrogens with two attached hydrogens (primary N) is 1. The van der Waals surface area contributed by atoms with Crippen LogP contribution in [0.5, 0.6) is 0 Å². The highest BCUT2D eigenvalue weighted by Gasteiger charge is 2.06. The molecule has 2 aromatic rings. The number of hydrogen-bond acceptors (Lipinski definition) is 4. The second-order valence-corrected chi connectivity index (χ2v) is 4.29. The van der Waals surface area contributed by atoms with Gasteiger partial charge in [-0.05, 0) is 36.2 Å². The minimum atomic E-state index is -0.245. The van der Waals surface area contributed by atoms with Crippen LogP contribution in [0.1, 0.15) is 21.6 Å². The number of nitriles is 1. The molecular formula is C15H14N4O. The maximum Gasteiger partial charge on any atom is 0.269 e. The second kappa shape index (κ2) is 6.34. The minimum absolute atomic E-state index is 0.245. The molecule has 0 atom stereocenters. The van der Waals surface area contributed by atoms with Gasteiger partial charge in [-0.25, -0.2) is 4.98 Å². The first-order chi connectivity index (χ1) is 9.69. The van der Waals surface area contributed by atoms with E-state index in [2.05, 4.69) is 10.3 Å². The molecule has 1 amide bonds. The van der Waals surface area contributed by atoms with E-state index in [-0.39, 0.29) is 5.91 Å². The first-order valence-corrected chi connectivity index (χ1v) is 6.18. The number of rotatable bonds is 4. The van der Waals surface area contributed by atoms with Gasteiger partial charge in [-0.1, -0.05) is 12.1 Å². The van der Waals surface area contributed by atoms with Gasteiger partial charge in [0.15, 0.2) is 0 Å². The molecule has 0 spiro atoms. The van der Waals surface area contributed by atoms with Gasteiger partial charge in [-0.2, -0.15) is 5.26 Å².